The minimum Gasteiger partial charge on any atom is -0.462 e. The van der Waals surface area contributed by atoms with Crippen LogP contribution in [0.2, 0.25) is 0 Å². The Balaban J connectivity index is 2.08. The summed E-state index contributed by atoms with van der Waals surface area (Å²) in [6.07, 6.45) is 5.34. The van der Waals surface area contributed by atoms with Crippen molar-refractivity contribution in [1.82, 2.24) is 16.0 Å². The molecule has 2 aliphatic rings. The lowest BCUT2D eigenvalue weighted by Gasteiger charge is -2.46. The average molecular weight is 638 g/mol. The Kier molecular flexibility index (Phi) is 14.0. The molecule has 9 nitrogen and oxygen atoms in total. The Morgan fingerprint density at radius 2 is 1.18 bits per heavy atom. The maximum Gasteiger partial charge on any atom is 0.309 e. The van der Waals surface area contributed by atoms with E-state index in [0.29, 0.717) is 19.3 Å². The Bertz CT molecular complexity index is 957. The predicted molar refractivity (Wildman–Crippen MR) is 180 cm³/mol. The highest BCUT2D eigenvalue weighted by molar-refractivity contribution is 5.76. The number of hydrogen-bond donors (Lipinski definition) is 3. The molecule has 0 aromatic carbocycles. The zero-order valence-electron chi connectivity index (χ0n) is 30.7. The van der Waals surface area contributed by atoms with E-state index in [1.165, 1.54) is 0 Å². The van der Waals surface area contributed by atoms with Crippen molar-refractivity contribution in [3.63, 3.8) is 0 Å². The Hall–Kier alpha value is -1.71. The number of hydrogen-bond acceptors (Lipinski definition) is 9. The molecule has 2 atom stereocenters. The fourth-order valence-corrected chi connectivity index (χ4v) is 7.98. The first-order valence-electron chi connectivity index (χ1n) is 17.5. The van der Waals surface area contributed by atoms with Crippen molar-refractivity contribution in [1.29, 1.82) is 0 Å². The summed E-state index contributed by atoms with van der Waals surface area (Å²) >= 11 is 0. The van der Waals surface area contributed by atoms with Crippen LogP contribution in [0.5, 0.6) is 0 Å². The molecule has 0 saturated carbocycles. The summed E-state index contributed by atoms with van der Waals surface area (Å²) in [6.45, 7) is 26.2. The molecule has 0 amide bonds. The number of nitrogens with one attached hydrogen (secondary N) is 3. The zero-order chi connectivity index (χ0) is 34.3. The van der Waals surface area contributed by atoms with Crippen molar-refractivity contribution >= 4 is 17.9 Å². The molecule has 0 aromatic heterocycles. The van der Waals surface area contributed by atoms with Gasteiger partial charge in [-0.1, -0.05) is 20.3 Å². The van der Waals surface area contributed by atoms with Crippen molar-refractivity contribution < 1.29 is 28.6 Å². The van der Waals surface area contributed by atoms with Crippen molar-refractivity contribution in [2.24, 2.45) is 5.92 Å². The van der Waals surface area contributed by atoms with Gasteiger partial charge in [0.1, 0.15) is 18.3 Å². The summed E-state index contributed by atoms with van der Waals surface area (Å²) in [5.41, 5.74) is -0.806. The molecule has 2 heterocycles. The van der Waals surface area contributed by atoms with Crippen LogP contribution in [0.15, 0.2) is 0 Å². The van der Waals surface area contributed by atoms with Crippen LogP contribution in [-0.4, -0.2) is 70.5 Å². The van der Waals surface area contributed by atoms with E-state index in [2.05, 4.69) is 99.0 Å². The summed E-state index contributed by atoms with van der Waals surface area (Å²) in [6, 6.07) is 0. The standard InChI is InChI=1S/C36H67N3O6/c1-13-15-26(20-32(3,4)37-14-2)43-29(40)18-16-25(31(42)45-28-23-35(9,10)39-36(11,12)24-28)17-19-30(41)44-27-21-33(5,6)38-34(7,8)22-27/h25-28,37-39H,13-24H2,1-12H3/t25-,26?/m0/s1. The molecule has 9 heteroatoms. The van der Waals surface area contributed by atoms with Gasteiger partial charge >= 0.3 is 17.9 Å². The second kappa shape index (κ2) is 15.9. The van der Waals surface area contributed by atoms with Gasteiger partial charge in [0.15, 0.2) is 0 Å². The van der Waals surface area contributed by atoms with E-state index in [4.69, 9.17) is 14.2 Å². The largest absolute Gasteiger partial charge is 0.462 e. The molecule has 0 radical (unpaired) electrons. The first-order valence-corrected chi connectivity index (χ1v) is 17.5. The van der Waals surface area contributed by atoms with Crippen LogP contribution < -0.4 is 16.0 Å². The van der Waals surface area contributed by atoms with Crippen molar-refractivity contribution in [3.8, 4) is 0 Å². The number of carbonyl (C=O) groups is 3. The second-order valence-corrected chi connectivity index (χ2v) is 17.1. The maximum absolute atomic E-state index is 13.6. The molecule has 2 aliphatic heterocycles. The van der Waals surface area contributed by atoms with Gasteiger partial charge in [0.25, 0.3) is 0 Å². The quantitative estimate of drug-likeness (QED) is 0.131. The van der Waals surface area contributed by atoms with Crippen molar-refractivity contribution in [2.45, 2.75) is 200 Å². The molecule has 0 aliphatic carbocycles. The van der Waals surface area contributed by atoms with Crippen LogP contribution in [0.1, 0.15) is 154 Å². The van der Waals surface area contributed by atoms with E-state index >= 15 is 0 Å². The monoisotopic (exact) mass is 638 g/mol. The first-order chi connectivity index (χ1) is 20.5. The molecule has 3 N–H and O–H groups in total. The van der Waals surface area contributed by atoms with Crippen LogP contribution in [0.25, 0.3) is 0 Å². The van der Waals surface area contributed by atoms with Crippen molar-refractivity contribution in [2.75, 3.05) is 6.54 Å². The molecular formula is C36H67N3O6. The van der Waals surface area contributed by atoms with Gasteiger partial charge in [-0.05, 0) is 95.0 Å². The molecule has 262 valence electrons. The summed E-state index contributed by atoms with van der Waals surface area (Å²) in [5, 5.41) is 10.7. The lowest BCUT2D eigenvalue weighted by molar-refractivity contribution is -0.160. The fraction of sp³-hybridized carbons (Fsp3) is 0.917. The molecule has 2 fully saturated rings. The summed E-state index contributed by atoms with van der Waals surface area (Å²) in [7, 11) is 0. The van der Waals surface area contributed by atoms with Crippen LogP contribution >= 0.6 is 0 Å². The minimum absolute atomic E-state index is 0.0938. The van der Waals surface area contributed by atoms with Crippen LogP contribution in [0.4, 0.5) is 0 Å². The maximum atomic E-state index is 13.6. The van der Waals surface area contributed by atoms with E-state index < -0.39 is 5.92 Å². The third-order valence-electron chi connectivity index (χ3n) is 8.92. The van der Waals surface area contributed by atoms with Gasteiger partial charge in [-0.3, -0.25) is 14.4 Å². The number of esters is 3. The Morgan fingerprint density at radius 3 is 1.62 bits per heavy atom. The summed E-state index contributed by atoms with van der Waals surface area (Å²) in [4.78, 5) is 39.8. The predicted octanol–water partition coefficient (Wildman–Crippen LogP) is 6.36. The SMILES string of the molecule is CCCC(CC(C)(C)NCC)OC(=O)CC[C@@H](CCC(=O)OC1CC(C)(C)NC(C)(C)C1)C(=O)OC1CC(C)(C)NC(C)(C)C1. The number of carbonyl (C=O) groups excluding carboxylic acids is 3. The highest BCUT2D eigenvalue weighted by atomic mass is 16.6. The zero-order valence-corrected chi connectivity index (χ0v) is 30.7. The van der Waals surface area contributed by atoms with Crippen molar-refractivity contribution in [3.05, 3.63) is 0 Å². The summed E-state index contributed by atoms with van der Waals surface area (Å²) < 4.78 is 18.0. The highest BCUT2D eigenvalue weighted by Crippen LogP contribution is 2.33. The summed E-state index contributed by atoms with van der Waals surface area (Å²) in [5.74, 6) is -1.58. The van der Waals surface area contributed by atoms with E-state index in [-0.39, 0.29) is 89.6 Å². The third-order valence-corrected chi connectivity index (χ3v) is 8.92. The second-order valence-electron chi connectivity index (χ2n) is 17.1. The van der Waals surface area contributed by atoms with Gasteiger partial charge in [0.05, 0.1) is 5.92 Å². The van der Waals surface area contributed by atoms with Gasteiger partial charge < -0.3 is 30.2 Å². The Morgan fingerprint density at radius 1 is 0.733 bits per heavy atom. The lowest BCUT2D eigenvalue weighted by atomic mass is 9.81. The molecule has 0 spiro atoms. The first kappa shape index (κ1) is 39.5. The molecule has 1 unspecified atom stereocenters. The normalized spacial score (nSPS) is 22.7. The van der Waals surface area contributed by atoms with Crippen LogP contribution in [0.3, 0.4) is 0 Å². The van der Waals surface area contributed by atoms with E-state index in [1.807, 2.05) is 0 Å². The van der Waals surface area contributed by atoms with E-state index in [9.17, 15) is 14.4 Å². The highest BCUT2D eigenvalue weighted by Gasteiger charge is 2.41. The smallest absolute Gasteiger partial charge is 0.309 e. The lowest BCUT2D eigenvalue weighted by Crippen LogP contribution is -2.59. The molecule has 0 aromatic rings. The fourth-order valence-electron chi connectivity index (χ4n) is 7.98. The molecule has 2 saturated heterocycles. The van der Waals surface area contributed by atoms with Gasteiger partial charge in [0, 0.05) is 72.6 Å². The van der Waals surface area contributed by atoms with E-state index in [0.717, 1.165) is 32.2 Å². The van der Waals surface area contributed by atoms with Crippen LogP contribution in [-0.2, 0) is 28.6 Å². The minimum atomic E-state index is -0.602. The molecular weight excluding hydrogens is 570 g/mol. The Labute approximate surface area is 274 Å². The number of piperidine rings is 2. The molecule has 0 bridgehead atoms. The van der Waals surface area contributed by atoms with Gasteiger partial charge in [0.2, 0.25) is 0 Å². The van der Waals surface area contributed by atoms with Crippen LogP contribution in [0, 0.1) is 5.92 Å². The van der Waals surface area contributed by atoms with Gasteiger partial charge in [-0.15, -0.1) is 0 Å². The topological polar surface area (TPSA) is 115 Å². The van der Waals surface area contributed by atoms with E-state index in [1.54, 1.807) is 0 Å². The number of ether oxygens (including phenoxy) is 3. The average Bonchev–Trinajstić information content (AvgIpc) is 2.79. The van der Waals surface area contributed by atoms with Gasteiger partial charge in [-0.25, -0.2) is 0 Å². The number of rotatable bonds is 16. The third kappa shape index (κ3) is 14.7. The molecule has 2 rings (SSSR count). The van der Waals surface area contributed by atoms with Gasteiger partial charge in [-0.2, -0.15) is 0 Å². The molecule has 45 heavy (non-hydrogen) atoms.